The number of rotatable bonds is 4. The highest BCUT2D eigenvalue weighted by Crippen LogP contribution is 2.24. The van der Waals surface area contributed by atoms with Crippen LogP contribution < -0.4 is 5.32 Å². The van der Waals surface area contributed by atoms with E-state index in [9.17, 15) is 10.1 Å². The molecule has 0 aliphatic carbocycles. The van der Waals surface area contributed by atoms with Gasteiger partial charge in [-0.1, -0.05) is 15.9 Å². The molecule has 98 valence electrons. The van der Waals surface area contributed by atoms with Crippen LogP contribution in [0.2, 0.25) is 0 Å². The molecule has 1 unspecified atom stereocenters. The first-order chi connectivity index (χ1) is 8.50. The molecule has 1 heterocycles. The summed E-state index contributed by atoms with van der Waals surface area (Å²) in [5.74, 6) is 0. The van der Waals surface area contributed by atoms with Gasteiger partial charge in [0.1, 0.15) is 0 Å². The van der Waals surface area contributed by atoms with Crippen molar-refractivity contribution in [1.29, 1.82) is 0 Å². The van der Waals surface area contributed by atoms with Crippen LogP contribution in [0.1, 0.15) is 18.9 Å². The maximum absolute atomic E-state index is 10.6. The van der Waals surface area contributed by atoms with Crippen LogP contribution in [0.5, 0.6) is 0 Å². The van der Waals surface area contributed by atoms with Crippen LogP contribution in [0, 0.1) is 10.1 Å². The minimum absolute atomic E-state index is 0.00121. The second-order valence-corrected chi connectivity index (χ2v) is 5.60. The van der Waals surface area contributed by atoms with Crippen molar-refractivity contribution in [3.8, 4) is 0 Å². The topological polar surface area (TPSA) is 64.4 Å². The molecule has 2 rings (SSSR count). The van der Waals surface area contributed by atoms with Crippen LogP contribution in [-0.2, 0) is 11.3 Å². The number of halogens is 1. The Balaban J connectivity index is 2.03. The molecule has 0 aromatic heterocycles. The first kappa shape index (κ1) is 13.5. The Morgan fingerprint density at radius 1 is 1.61 bits per heavy atom. The van der Waals surface area contributed by atoms with E-state index < -0.39 is 4.92 Å². The Morgan fingerprint density at radius 2 is 2.39 bits per heavy atom. The van der Waals surface area contributed by atoms with Crippen molar-refractivity contribution >= 4 is 21.6 Å². The lowest BCUT2D eigenvalue weighted by atomic mass is 10.0. The van der Waals surface area contributed by atoms with Crippen molar-refractivity contribution in [2.45, 2.75) is 25.4 Å². The molecule has 1 aromatic rings. The highest BCUT2D eigenvalue weighted by atomic mass is 79.9. The van der Waals surface area contributed by atoms with Gasteiger partial charge in [-0.2, -0.15) is 0 Å². The minimum Gasteiger partial charge on any atom is -0.379 e. The van der Waals surface area contributed by atoms with Crippen LogP contribution in [0.15, 0.2) is 22.7 Å². The van der Waals surface area contributed by atoms with E-state index in [1.165, 1.54) is 12.1 Å². The summed E-state index contributed by atoms with van der Waals surface area (Å²) >= 11 is 3.37. The van der Waals surface area contributed by atoms with E-state index in [0.29, 0.717) is 13.2 Å². The fourth-order valence-corrected chi connectivity index (χ4v) is 2.42. The molecule has 1 aliphatic rings. The van der Waals surface area contributed by atoms with Crippen LogP contribution in [0.4, 0.5) is 5.69 Å². The van der Waals surface area contributed by atoms with Gasteiger partial charge in [0.05, 0.1) is 11.5 Å². The van der Waals surface area contributed by atoms with Gasteiger partial charge in [-0.3, -0.25) is 10.1 Å². The molecule has 0 spiro atoms. The molecule has 1 fully saturated rings. The number of nitrogens with zero attached hydrogens (tertiary/aromatic N) is 1. The normalized spacial score (nSPS) is 23.2. The molecule has 0 bridgehead atoms. The van der Waals surface area contributed by atoms with Gasteiger partial charge in [-0.05, 0) is 25.0 Å². The van der Waals surface area contributed by atoms with E-state index in [4.69, 9.17) is 4.74 Å². The summed E-state index contributed by atoms with van der Waals surface area (Å²) in [7, 11) is 0. The number of nitro groups is 1. The molecule has 0 radical (unpaired) electrons. The Morgan fingerprint density at radius 3 is 2.94 bits per heavy atom. The number of non-ortho nitro benzene ring substituents is 1. The lowest BCUT2D eigenvalue weighted by Crippen LogP contribution is -2.42. The lowest BCUT2D eigenvalue weighted by Gasteiger charge is -2.23. The van der Waals surface area contributed by atoms with E-state index in [0.717, 1.165) is 23.1 Å². The van der Waals surface area contributed by atoms with E-state index >= 15 is 0 Å². The zero-order chi connectivity index (χ0) is 13.2. The summed E-state index contributed by atoms with van der Waals surface area (Å²) in [6.45, 7) is 4.28. The number of ether oxygens (including phenoxy) is 1. The predicted molar refractivity (Wildman–Crippen MR) is 71.5 cm³/mol. The van der Waals surface area contributed by atoms with Crippen molar-refractivity contribution in [3.63, 3.8) is 0 Å². The first-order valence-electron chi connectivity index (χ1n) is 5.76. The van der Waals surface area contributed by atoms with E-state index in [1.807, 2.05) is 0 Å². The number of benzene rings is 1. The third-order valence-corrected chi connectivity index (χ3v) is 3.91. The van der Waals surface area contributed by atoms with Gasteiger partial charge in [0.2, 0.25) is 0 Å². The van der Waals surface area contributed by atoms with E-state index in [1.54, 1.807) is 6.07 Å². The van der Waals surface area contributed by atoms with E-state index in [2.05, 4.69) is 28.2 Å². The fourth-order valence-electron chi connectivity index (χ4n) is 1.91. The molecule has 1 atom stereocenters. The van der Waals surface area contributed by atoms with Crippen LogP contribution in [-0.4, -0.2) is 23.7 Å². The molecule has 1 aliphatic heterocycles. The number of nitrogens with one attached hydrogen (secondary N) is 1. The molecule has 1 saturated heterocycles. The van der Waals surface area contributed by atoms with E-state index in [-0.39, 0.29) is 11.2 Å². The van der Waals surface area contributed by atoms with Crippen LogP contribution in [0.3, 0.4) is 0 Å². The van der Waals surface area contributed by atoms with Gasteiger partial charge in [-0.25, -0.2) is 0 Å². The van der Waals surface area contributed by atoms with Gasteiger partial charge in [0.25, 0.3) is 5.69 Å². The lowest BCUT2D eigenvalue weighted by molar-refractivity contribution is -0.384. The van der Waals surface area contributed by atoms with Gasteiger partial charge in [0, 0.05) is 35.3 Å². The molecule has 1 N–H and O–H groups in total. The maximum atomic E-state index is 10.6. The average Bonchev–Trinajstić information content (AvgIpc) is 2.75. The largest absolute Gasteiger partial charge is 0.379 e. The van der Waals surface area contributed by atoms with Gasteiger partial charge in [-0.15, -0.1) is 0 Å². The molecular weight excluding hydrogens is 300 g/mol. The van der Waals surface area contributed by atoms with Crippen molar-refractivity contribution in [3.05, 3.63) is 38.3 Å². The highest BCUT2D eigenvalue weighted by molar-refractivity contribution is 9.10. The second-order valence-electron chi connectivity index (χ2n) is 4.75. The zero-order valence-electron chi connectivity index (χ0n) is 10.1. The molecule has 1 aromatic carbocycles. The van der Waals surface area contributed by atoms with Crippen LogP contribution in [0.25, 0.3) is 0 Å². The molecule has 18 heavy (non-hydrogen) atoms. The fraction of sp³-hybridized carbons (Fsp3) is 0.500. The Labute approximate surface area is 114 Å². The van der Waals surface area contributed by atoms with Crippen molar-refractivity contribution in [1.82, 2.24) is 5.32 Å². The van der Waals surface area contributed by atoms with Gasteiger partial charge >= 0.3 is 0 Å². The Kier molecular flexibility index (Phi) is 3.99. The number of hydrogen-bond acceptors (Lipinski definition) is 4. The minimum atomic E-state index is -0.395. The monoisotopic (exact) mass is 314 g/mol. The number of hydrogen-bond donors (Lipinski definition) is 1. The molecule has 5 nitrogen and oxygen atoms in total. The van der Waals surface area contributed by atoms with Gasteiger partial charge in [0.15, 0.2) is 0 Å². The summed E-state index contributed by atoms with van der Waals surface area (Å²) in [4.78, 5) is 10.2. The third kappa shape index (κ3) is 3.07. The molecular formula is C12H15BrN2O3. The van der Waals surface area contributed by atoms with Crippen molar-refractivity contribution < 1.29 is 9.66 Å². The summed E-state index contributed by atoms with van der Waals surface area (Å²) in [6.07, 6.45) is 0.984. The quantitative estimate of drug-likeness (QED) is 0.685. The second kappa shape index (κ2) is 5.34. The van der Waals surface area contributed by atoms with Crippen LogP contribution >= 0.6 is 15.9 Å². The molecule has 0 saturated carbocycles. The first-order valence-corrected chi connectivity index (χ1v) is 6.55. The average molecular weight is 315 g/mol. The summed E-state index contributed by atoms with van der Waals surface area (Å²) in [5, 5.41) is 14.1. The Hall–Kier alpha value is -0.980. The zero-order valence-corrected chi connectivity index (χ0v) is 11.7. The Bertz CT molecular complexity index is 459. The summed E-state index contributed by atoms with van der Waals surface area (Å²) < 4.78 is 6.12. The standard InChI is InChI=1S/C12H15BrN2O3/c1-12(4-5-18-8-12)14-7-9-2-3-10(15(16)17)6-11(9)13/h2-3,6,14H,4-5,7-8H2,1H3. The molecule has 6 heteroatoms. The smallest absolute Gasteiger partial charge is 0.270 e. The van der Waals surface area contributed by atoms with Gasteiger partial charge < -0.3 is 10.1 Å². The SMILES string of the molecule is CC1(NCc2ccc([N+](=O)[O-])cc2Br)CCOC1. The third-order valence-electron chi connectivity index (χ3n) is 3.17. The predicted octanol–water partition coefficient (Wildman–Crippen LogP) is 2.63. The maximum Gasteiger partial charge on any atom is 0.270 e. The highest BCUT2D eigenvalue weighted by Gasteiger charge is 2.28. The summed E-state index contributed by atoms with van der Waals surface area (Å²) in [6, 6.07) is 4.83. The van der Waals surface area contributed by atoms with Crippen molar-refractivity contribution in [2.75, 3.05) is 13.2 Å². The molecule has 0 amide bonds. The van der Waals surface area contributed by atoms with Crippen molar-refractivity contribution in [2.24, 2.45) is 0 Å². The number of nitro benzene ring substituents is 1. The summed E-state index contributed by atoms with van der Waals surface area (Å²) in [5.41, 5.74) is 1.11.